The topological polar surface area (TPSA) is 118 Å². The number of anilines is 1. The quantitative estimate of drug-likeness (QED) is 0.266. The van der Waals surface area contributed by atoms with Gasteiger partial charge in [-0.2, -0.15) is 0 Å². The summed E-state index contributed by atoms with van der Waals surface area (Å²) in [5.74, 6) is 1.52. The molecule has 4 fully saturated rings. The predicted octanol–water partition coefficient (Wildman–Crippen LogP) is 4.95. The van der Waals surface area contributed by atoms with Crippen LogP contribution in [-0.2, 0) is 10.0 Å². The average Bonchev–Trinajstić information content (AvgIpc) is 2.77. The van der Waals surface area contributed by atoms with Gasteiger partial charge in [0.15, 0.2) is 0 Å². The molecule has 8 nitrogen and oxygen atoms in total. The third kappa shape index (κ3) is 4.66. The molecule has 0 radical (unpaired) electrons. The average molecular weight is 595 g/mol. The normalized spacial score (nSPS) is 27.4. The number of hydrogen-bond donors (Lipinski definition) is 2. The highest BCUT2D eigenvalue weighted by atomic mass is 127. The van der Waals surface area contributed by atoms with E-state index in [1.54, 1.807) is 12.1 Å². The first-order valence-corrected chi connectivity index (χ1v) is 14.0. The minimum atomic E-state index is -4.28. The van der Waals surface area contributed by atoms with Gasteiger partial charge in [0.25, 0.3) is 21.6 Å². The Hall–Kier alpha value is -2.21. The third-order valence-corrected chi connectivity index (χ3v) is 9.68. The summed E-state index contributed by atoms with van der Waals surface area (Å²) in [5.41, 5.74) is 0.361. The number of halogens is 1. The van der Waals surface area contributed by atoms with E-state index in [0.717, 1.165) is 46.7 Å². The lowest BCUT2D eigenvalue weighted by Crippen LogP contribution is -2.49. The molecule has 34 heavy (non-hydrogen) atoms. The summed E-state index contributed by atoms with van der Waals surface area (Å²) < 4.78 is 28.5. The molecule has 0 saturated heterocycles. The van der Waals surface area contributed by atoms with E-state index in [2.05, 4.69) is 27.9 Å². The minimum Gasteiger partial charge on any atom is -0.379 e. The zero-order chi connectivity index (χ0) is 24.1. The van der Waals surface area contributed by atoms with Crippen LogP contribution in [0.5, 0.6) is 0 Å². The Kier molecular flexibility index (Phi) is 6.07. The second kappa shape index (κ2) is 8.78. The van der Waals surface area contributed by atoms with E-state index in [0.29, 0.717) is 12.2 Å². The Bertz CT molecular complexity index is 1210. The van der Waals surface area contributed by atoms with Gasteiger partial charge in [-0.25, -0.2) is 13.1 Å². The fraction of sp³-hybridized carbons (Fsp3) is 0.458. The number of rotatable bonds is 7. The van der Waals surface area contributed by atoms with Gasteiger partial charge in [-0.1, -0.05) is 0 Å². The van der Waals surface area contributed by atoms with Gasteiger partial charge in [0, 0.05) is 21.7 Å². The molecule has 4 aliphatic carbocycles. The van der Waals surface area contributed by atoms with Crippen molar-refractivity contribution in [2.45, 2.75) is 43.4 Å². The van der Waals surface area contributed by atoms with Crippen LogP contribution in [0.1, 0.15) is 48.9 Å². The Morgan fingerprint density at radius 3 is 2.18 bits per heavy atom. The first-order valence-electron chi connectivity index (χ1n) is 11.5. The number of sulfonamides is 1. The van der Waals surface area contributed by atoms with E-state index in [-0.39, 0.29) is 21.6 Å². The molecule has 0 aromatic heterocycles. The van der Waals surface area contributed by atoms with Crippen molar-refractivity contribution in [1.82, 2.24) is 4.72 Å². The summed E-state index contributed by atoms with van der Waals surface area (Å²) in [4.78, 5) is 23.3. The molecule has 4 saturated carbocycles. The largest absolute Gasteiger partial charge is 0.379 e. The molecular weight excluding hydrogens is 569 g/mol. The number of nitro groups is 1. The van der Waals surface area contributed by atoms with E-state index < -0.39 is 20.9 Å². The lowest BCUT2D eigenvalue weighted by Gasteiger charge is -2.57. The third-order valence-electron chi connectivity index (χ3n) is 7.63. The first-order chi connectivity index (χ1) is 16.1. The number of nitrogens with zero attached hydrogens (tertiary/aromatic N) is 1. The second-order valence-corrected chi connectivity index (χ2v) is 13.1. The Morgan fingerprint density at radius 2 is 1.62 bits per heavy atom. The lowest BCUT2D eigenvalue weighted by molar-refractivity contribution is -0.384. The number of amides is 1. The van der Waals surface area contributed by atoms with Crippen LogP contribution >= 0.6 is 22.6 Å². The molecule has 2 aromatic rings. The van der Waals surface area contributed by atoms with Crippen molar-refractivity contribution in [3.05, 3.63) is 61.7 Å². The van der Waals surface area contributed by atoms with E-state index in [1.807, 2.05) is 4.72 Å². The number of nitro benzene ring substituents is 1. The van der Waals surface area contributed by atoms with Crippen LogP contribution < -0.4 is 10.0 Å². The van der Waals surface area contributed by atoms with Crippen molar-refractivity contribution in [2.24, 2.45) is 23.2 Å². The van der Waals surface area contributed by atoms with Crippen LogP contribution in [0.25, 0.3) is 0 Å². The maximum Gasteiger partial charge on any atom is 0.293 e. The summed E-state index contributed by atoms with van der Waals surface area (Å²) in [7, 11) is -4.28. The zero-order valence-electron chi connectivity index (χ0n) is 18.5. The van der Waals surface area contributed by atoms with Gasteiger partial charge in [-0.05, 0) is 121 Å². The van der Waals surface area contributed by atoms with Gasteiger partial charge >= 0.3 is 0 Å². The number of nitrogens with one attached hydrogen (secondary N) is 2. The van der Waals surface area contributed by atoms with Crippen molar-refractivity contribution < 1.29 is 18.1 Å². The van der Waals surface area contributed by atoms with E-state index in [9.17, 15) is 23.3 Å². The first kappa shape index (κ1) is 23.5. The van der Waals surface area contributed by atoms with Crippen LogP contribution in [-0.4, -0.2) is 25.8 Å². The lowest BCUT2D eigenvalue weighted by atomic mass is 9.49. The van der Waals surface area contributed by atoms with Crippen molar-refractivity contribution in [1.29, 1.82) is 0 Å². The van der Waals surface area contributed by atoms with Gasteiger partial charge < -0.3 is 5.32 Å². The van der Waals surface area contributed by atoms with Gasteiger partial charge in [0.1, 0.15) is 5.69 Å². The number of carbonyl (C=O) groups is 1. The fourth-order valence-corrected chi connectivity index (χ4v) is 7.96. The Labute approximate surface area is 212 Å². The smallest absolute Gasteiger partial charge is 0.293 e. The Morgan fingerprint density at radius 1 is 1.03 bits per heavy atom. The maximum absolute atomic E-state index is 12.8. The van der Waals surface area contributed by atoms with Crippen molar-refractivity contribution >= 4 is 49.9 Å². The molecule has 4 aliphatic rings. The highest BCUT2D eigenvalue weighted by Crippen LogP contribution is 2.60. The van der Waals surface area contributed by atoms with Crippen LogP contribution in [0.3, 0.4) is 0 Å². The molecule has 0 aliphatic heterocycles. The monoisotopic (exact) mass is 595 g/mol. The number of benzene rings is 2. The number of hydrogen-bond acceptors (Lipinski definition) is 6. The van der Waals surface area contributed by atoms with Crippen molar-refractivity contribution in [3.63, 3.8) is 0 Å². The summed E-state index contributed by atoms with van der Waals surface area (Å²) >= 11 is 2.08. The zero-order valence-corrected chi connectivity index (χ0v) is 21.5. The molecule has 1 amide bonds. The van der Waals surface area contributed by atoms with Crippen molar-refractivity contribution in [2.75, 3.05) is 11.9 Å². The molecule has 4 bridgehead atoms. The molecule has 0 unspecified atom stereocenters. The van der Waals surface area contributed by atoms with E-state index in [1.165, 1.54) is 43.5 Å². The summed E-state index contributed by atoms with van der Waals surface area (Å²) in [6, 6.07) is 10.2. The van der Waals surface area contributed by atoms with Crippen LogP contribution in [0.4, 0.5) is 11.4 Å². The summed E-state index contributed by atoms with van der Waals surface area (Å²) in [5, 5.41) is 15.1. The van der Waals surface area contributed by atoms with Gasteiger partial charge in [-0.15, -0.1) is 0 Å². The predicted molar refractivity (Wildman–Crippen MR) is 136 cm³/mol. The molecule has 2 aromatic carbocycles. The SMILES string of the molecule is O=C(NS(=O)(=O)c1ccc(NCC23CC4CC(CC(C4)C2)C3)c([N+](=O)[O-])c1)c1ccc(I)cc1. The molecule has 10 heteroatoms. The van der Waals surface area contributed by atoms with Gasteiger partial charge in [-0.3, -0.25) is 14.9 Å². The molecule has 180 valence electrons. The van der Waals surface area contributed by atoms with Gasteiger partial charge in [0.2, 0.25) is 0 Å². The standard InChI is InChI=1S/C24H26IN3O5S/c25-19-3-1-18(2-4-19)23(29)27-34(32,33)20-5-6-21(22(10-20)28(30)31)26-14-24-11-15-7-16(12-24)9-17(8-15)13-24/h1-6,10,15-17,26H,7-9,11-14H2,(H,27,29). The molecule has 2 N–H and O–H groups in total. The van der Waals surface area contributed by atoms with E-state index >= 15 is 0 Å². The molecule has 0 atom stereocenters. The molecule has 6 rings (SSSR count). The molecule has 0 heterocycles. The van der Waals surface area contributed by atoms with Crippen LogP contribution in [0.2, 0.25) is 0 Å². The number of carbonyl (C=O) groups excluding carboxylic acids is 1. The highest BCUT2D eigenvalue weighted by molar-refractivity contribution is 14.1. The van der Waals surface area contributed by atoms with Crippen molar-refractivity contribution in [3.8, 4) is 0 Å². The van der Waals surface area contributed by atoms with E-state index in [4.69, 9.17) is 0 Å². The van der Waals surface area contributed by atoms with Gasteiger partial charge in [0.05, 0.1) is 9.82 Å². The molecular formula is C24H26IN3O5S. The molecule has 0 spiro atoms. The fourth-order valence-electron chi connectivity index (χ4n) is 6.61. The summed E-state index contributed by atoms with van der Waals surface area (Å²) in [6.45, 7) is 0.660. The second-order valence-electron chi connectivity index (χ2n) is 10.1. The van der Waals surface area contributed by atoms with Crippen LogP contribution in [0, 0.1) is 36.9 Å². The minimum absolute atomic E-state index is 0.175. The highest BCUT2D eigenvalue weighted by Gasteiger charge is 2.50. The maximum atomic E-state index is 12.8. The van der Waals surface area contributed by atoms with Crippen LogP contribution in [0.15, 0.2) is 47.4 Å². The summed E-state index contributed by atoms with van der Waals surface area (Å²) in [6.07, 6.45) is 7.45. The Balaban J connectivity index is 1.33.